The van der Waals surface area contributed by atoms with Gasteiger partial charge in [0.05, 0.1) is 11.4 Å². The fourth-order valence-electron chi connectivity index (χ4n) is 2.93. The van der Waals surface area contributed by atoms with E-state index in [-0.39, 0.29) is 11.7 Å². The highest BCUT2D eigenvalue weighted by Crippen LogP contribution is 2.24. The highest BCUT2D eigenvalue weighted by molar-refractivity contribution is 7.99. The number of aromatic nitrogens is 5. The summed E-state index contributed by atoms with van der Waals surface area (Å²) in [5.41, 5.74) is 2.38. The van der Waals surface area contributed by atoms with Gasteiger partial charge in [0.2, 0.25) is 11.1 Å². The summed E-state index contributed by atoms with van der Waals surface area (Å²) < 4.78 is 8.74. The fourth-order valence-corrected chi connectivity index (χ4v) is 3.58. The molecule has 0 aliphatic heterocycles. The number of rotatable bonds is 7. The first-order valence-corrected chi connectivity index (χ1v) is 10.5. The molecule has 0 aliphatic rings. The van der Waals surface area contributed by atoms with Gasteiger partial charge >= 0.3 is 0 Å². The standard InChI is InChI=1S/C21H21N7O2S/c1-14-11-15(2)28(26-14)20-24-25-21(27(20)22)31-13-19(29)23-16-7-6-10-18(12-16)30-17-8-4-3-5-9-17/h3-12H,13,22H2,1-2H3,(H,23,29). The number of amides is 1. The summed E-state index contributed by atoms with van der Waals surface area (Å²) in [4.78, 5) is 12.4. The molecule has 9 nitrogen and oxygen atoms in total. The van der Waals surface area contributed by atoms with Gasteiger partial charge in [0.1, 0.15) is 11.5 Å². The van der Waals surface area contributed by atoms with Gasteiger partial charge < -0.3 is 15.9 Å². The van der Waals surface area contributed by atoms with Crippen LogP contribution in [0.2, 0.25) is 0 Å². The van der Waals surface area contributed by atoms with Crippen LogP contribution in [0.5, 0.6) is 11.5 Å². The first-order chi connectivity index (χ1) is 15.0. The number of anilines is 1. The number of nitrogens with two attached hydrogens (primary N) is 1. The van der Waals surface area contributed by atoms with Gasteiger partial charge in [-0.15, -0.1) is 10.2 Å². The molecule has 0 fully saturated rings. The Hall–Kier alpha value is -3.79. The fraction of sp³-hybridized carbons (Fsp3) is 0.143. The lowest BCUT2D eigenvalue weighted by atomic mass is 10.3. The molecule has 158 valence electrons. The molecule has 0 unspecified atom stereocenters. The first-order valence-electron chi connectivity index (χ1n) is 9.49. The Kier molecular flexibility index (Phi) is 5.89. The van der Waals surface area contributed by atoms with Crippen molar-refractivity contribution < 1.29 is 9.53 Å². The van der Waals surface area contributed by atoms with Crippen molar-refractivity contribution in [3.8, 4) is 17.4 Å². The van der Waals surface area contributed by atoms with Crippen molar-refractivity contribution in [3.63, 3.8) is 0 Å². The number of para-hydroxylation sites is 1. The Morgan fingerprint density at radius 3 is 2.58 bits per heavy atom. The van der Waals surface area contributed by atoms with Crippen LogP contribution in [0.4, 0.5) is 5.69 Å². The largest absolute Gasteiger partial charge is 0.457 e. The number of aryl methyl sites for hydroxylation is 2. The minimum absolute atomic E-state index is 0.121. The molecule has 4 rings (SSSR count). The third-order valence-electron chi connectivity index (χ3n) is 4.27. The second-order valence-electron chi connectivity index (χ2n) is 6.77. The van der Waals surface area contributed by atoms with Crippen molar-refractivity contribution >= 4 is 23.4 Å². The monoisotopic (exact) mass is 435 g/mol. The SMILES string of the molecule is Cc1cc(C)n(-c2nnc(SCC(=O)Nc3cccc(Oc4ccccc4)c3)n2N)n1. The molecule has 2 heterocycles. The van der Waals surface area contributed by atoms with Crippen LogP contribution in [0, 0.1) is 13.8 Å². The van der Waals surface area contributed by atoms with Crippen LogP contribution in [0.3, 0.4) is 0 Å². The number of ether oxygens (including phenoxy) is 1. The molecule has 0 aliphatic carbocycles. The molecule has 0 atom stereocenters. The van der Waals surface area contributed by atoms with Crippen LogP contribution in [-0.4, -0.2) is 36.3 Å². The minimum Gasteiger partial charge on any atom is -0.457 e. The number of thioether (sulfide) groups is 1. The van der Waals surface area contributed by atoms with Crippen LogP contribution in [0.15, 0.2) is 65.8 Å². The average molecular weight is 436 g/mol. The lowest BCUT2D eigenvalue weighted by Gasteiger charge is -2.09. The van der Waals surface area contributed by atoms with E-state index >= 15 is 0 Å². The van der Waals surface area contributed by atoms with Gasteiger partial charge in [-0.2, -0.15) is 5.10 Å². The Balaban J connectivity index is 1.37. The van der Waals surface area contributed by atoms with Crippen molar-refractivity contribution in [1.29, 1.82) is 0 Å². The van der Waals surface area contributed by atoms with Gasteiger partial charge in [-0.3, -0.25) is 4.79 Å². The second-order valence-corrected chi connectivity index (χ2v) is 7.71. The van der Waals surface area contributed by atoms with E-state index < -0.39 is 0 Å². The zero-order valence-electron chi connectivity index (χ0n) is 17.0. The number of hydrogen-bond donors (Lipinski definition) is 2. The topological polar surface area (TPSA) is 113 Å². The average Bonchev–Trinajstić information content (AvgIpc) is 3.28. The quantitative estimate of drug-likeness (QED) is 0.338. The van der Waals surface area contributed by atoms with Crippen molar-refractivity contribution in [3.05, 3.63) is 72.1 Å². The maximum Gasteiger partial charge on any atom is 0.271 e. The zero-order valence-corrected chi connectivity index (χ0v) is 17.8. The summed E-state index contributed by atoms with van der Waals surface area (Å²) in [6.45, 7) is 3.80. The zero-order chi connectivity index (χ0) is 21.8. The highest BCUT2D eigenvalue weighted by Gasteiger charge is 2.16. The van der Waals surface area contributed by atoms with Gasteiger partial charge in [0, 0.05) is 17.4 Å². The van der Waals surface area contributed by atoms with Crippen molar-refractivity contribution in [1.82, 2.24) is 24.7 Å². The van der Waals surface area contributed by atoms with Crippen LogP contribution >= 0.6 is 11.8 Å². The van der Waals surface area contributed by atoms with Gasteiger partial charge in [0.15, 0.2) is 0 Å². The summed E-state index contributed by atoms with van der Waals surface area (Å²) in [7, 11) is 0. The lowest BCUT2D eigenvalue weighted by molar-refractivity contribution is -0.113. The predicted octanol–water partition coefficient (Wildman–Crippen LogP) is 3.32. The second kappa shape index (κ2) is 8.92. The summed E-state index contributed by atoms with van der Waals surface area (Å²) in [6, 6.07) is 18.6. The van der Waals surface area contributed by atoms with Crippen LogP contribution in [0.25, 0.3) is 5.95 Å². The molecular formula is C21H21N7O2S. The summed E-state index contributed by atoms with van der Waals surface area (Å²) in [6.07, 6.45) is 0. The Morgan fingerprint density at radius 2 is 1.84 bits per heavy atom. The molecule has 0 bridgehead atoms. The van der Waals surface area contributed by atoms with Crippen LogP contribution < -0.4 is 15.9 Å². The van der Waals surface area contributed by atoms with Crippen molar-refractivity contribution in [2.75, 3.05) is 16.9 Å². The van der Waals surface area contributed by atoms with E-state index in [1.807, 2.05) is 62.4 Å². The smallest absolute Gasteiger partial charge is 0.271 e. The van der Waals surface area contributed by atoms with E-state index in [9.17, 15) is 4.79 Å². The van der Waals surface area contributed by atoms with E-state index in [1.54, 1.807) is 16.8 Å². The van der Waals surface area contributed by atoms with E-state index in [4.69, 9.17) is 10.6 Å². The maximum atomic E-state index is 12.4. The number of nitrogens with one attached hydrogen (secondary N) is 1. The molecule has 0 radical (unpaired) electrons. The first kappa shape index (κ1) is 20.5. The molecule has 31 heavy (non-hydrogen) atoms. The Morgan fingerprint density at radius 1 is 1.06 bits per heavy atom. The summed E-state index contributed by atoms with van der Waals surface area (Å²) in [5.74, 6) is 7.78. The van der Waals surface area contributed by atoms with Crippen LogP contribution in [0.1, 0.15) is 11.4 Å². The number of nitrogens with zero attached hydrogens (tertiary/aromatic N) is 5. The third-order valence-corrected chi connectivity index (χ3v) is 5.22. The normalized spacial score (nSPS) is 10.8. The van der Waals surface area contributed by atoms with Crippen molar-refractivity contribution in [2.24, 2.45) is 0 Å². The van der Waals surface area contributed by atoms with Crippen molar-refractivity contribution in [2.45, 2.75) is 19.0 Å². The number of benzene rings is 2. The molecule has 2 aromatic heterocycles. The summed E-state index contributed by atoms with van der Waals surface area (Å²) in [5, 5.41) is 15.8. The molecule has 0 saturated heterocycles. The van der Waals surface area contributed by atoms with Crippen LogP contribution in [-0.2, 0) is 4.79 Å². The molecule has 2 aromatic carbocycles. The van der Waals surface area contributed by atoms with Gasteiger partial charge in [-0.1, -0.05) is 36.0 Å². The van der Waals surface area contributed by atoms with Gasteiger partial charge in [-0.05, 0) is 44.2 Å². The van der Waals surface area contributed by atoms with E-state index in [0.717, 1.165) is 17.1 Å². The number of carbonyl (C=O) groups excluding carboxylic acids is 1. The highest BCUT2D eigenvalue weighted by atomic mass is 32.2. The predicted molar refractivity (Wildman–Crippen MR) is 119 cm³/mol. The molecule has 1 amide bonds. The molecule has 0 spiro atoms. The lowest BCUT2D eigenvalue weighted by Crippen LogP contribution is -2.18. The van der Waals surface area contributed by atoms with Gasteiger partial charge in [0.25, 0.3) is 5.95 Å². The number of carbonyl (C=O) groups is 1. The molecule has 10 heteroatoms. The number of hydrogen-bond acceptors (Lipinski definition) is 7. The maximum absolute atomic E-state index is 12.4. The van der Waals surface area contributed by atoms with E-state index in [1.165, 1.54) is 16.4 Å². The third kappa shape index (κ3) is 4.86. The van der Waals surface area contributed by atoms with E-state index in [0.29, 0.717) is 22.5 Å². The molecule has 3 N–H and O–H groups in total. The Bertz CT molecular complexity index is 1200. The molecule has 4 aromatic rings. The molecule has 0 saturated carbocycles. The number of nitrogen functional groups attached to an aromatic ring is 1. The Labute approximate surface area is 183 Å². The van der Waals surface area contributed by atoms with Gasteiger partial charge in [-0.25, -0.2) is 9.36 Å². The molecular weight excluding hydrogens is 414 g/mol. The minimum atomic E-state index is -0.197. The summed E-state index contributed by atoms with van der Waals surface area (Å²) >= 11 is 1.19. The van der Waals surface area contributed by atoms with E-state index in [2.05, 4.69) is 20.6 Å².